The van der Waals surface area contributed by atoms with Gasteiger partial charge in [-0.15, -0.1) is 0 Å². The number of carbonyl (C=O) groups is 1. The summed E-state index contributed by atoms with van der Waals surface area (Å²) in [4.78, 5) is 16.9. The molecule has 2 aliphatic rings. The number of rotatable bonds is 4. The van der Waals surface area contributed by atoms with Crippen molar-refractivity contribution in [2.24, 2.45) is 4.99 Å². The molecule has 1 heterocycles. The molecule has 0 spiro atoms. The van der Waals surface area contributed by atoms with Crippen LogP contribution in [0.3, 0.4) is 0 Å². The zero-order valence-electron chi connectivity index (χ0n) is 12.1. The third-order valence-electron chi connectivity index (χ3n) is 3.75. The first-order chi connectivity index (χ1) is 10.3. The van der Waals surface area contributed by atoms with E-state index >= 15 is 0 Å². The number of allylic oxidation sites excluding steroid dienone is 2. The molecule has 0 amide bonds. The van der Waals surface area contributed by atoms with E-state index in [4.69, 9.17) is 4.99 Å². The maximum atomic E-state index is 12.1. The molecular weight excluding hydrogens is 262 g/mol. The number of hydrogen-bond donors (Lipinski definition) is 2. The Balaban J connectivity index is 2.00. The standard InChI is InChI=1S/C17H19N3O/c1-18-11-5-9-13-12-6-2-3-7-14(12)20-17-15(19-13)8-4-10-16(17)21/h2-4,6-8,10,17-18,20H,5,9,11H2,1H3. The quantitative estimate of drug-likeness (QED) is 0.833. The lowest BCUT2D eigenvalue weighted by atomic mass is 10.0. The third-order valence-corrected chi connectivity index (χ3v) is 3.75. The summed E-state index contributed by atoms with van der Waals surface area (Å²) in [5, 5.41) is 6.49. The van der Waals surface area contributed by atoms with Crippen molar-refractivity contribution >= 4 is 17.2 Å². The average molecular weight is 281 g/mol. The topological polar surface area (TPSA) is 53.5 Å². The molecule has 108 valence electrons. The molecule has 3 rings (SSSR count). The van der Waals surface area contributed by atoms with Crippen molar-refractivity contribution in [2.45, 2.75) is 18.9 Å². The Kier molecular flexibility index (Phi) is 3.97. The highest BCUT2D eigenvalue weighted by Gasteiger charge is 2.27. The SMILES string of the molecule is CNCCCC1=NC2=CC=CC(=O)C2Nc2ccccc21. The van der Waals surface area contributed by atoms with Gasteiger partial charge in [-0.05, 0) is 44.7 Å². The van der Waals surface area contributed by atoms with Crippen LogP contribution in [0.25, 0.3) is 0 Å². The zero-order valence-corrected chi connectivity index (χ0v) is 12.1. The lowest BCUT2D eigenvalue weighted by Crippen LogP contribution is -2.30. The fraction of sp³-hybridized carbons (Fsp3) is 0.294. The van der Waals surface area contributed by atoms with Crippen molar-refractivity contribution in [3.8, 4) is 0 Å². The van der Waals surface area contributed by atoms with Gasteiger partial charge in [0.1, 0.15) is 6.04 Å². The fourth-order valence-corrected chi connectivity index (χ4v) is 2.68. The lowest BCUT2D eigenvalue weighted by Gasteiger charge is -2.18. The van der Waals surface area contributed by atoms with Crippen molar-refractivity contribution in [1.82, 2.24) is 5.32 Å². The van der Waals surface area contributed by atoms with E-state index in [1.165, 1.54) is 0 Å². The van der Waals surface area contributed by atoms with Gasteiger partial charge in [0, 0.05) is 11.3 Å². The summed E-state index contributed by atoms with van der Waals surface area (Å²) in [6, 6.07) is 7.71. The number of hydrogen-bond acceptors (Lipinski definition) is 4. The van der Waals surface area contributed by atoms with Gasteiger partial charge in [0.15, 0.2) is 5.78 Å². The number of carbonyl (C=O) groups excluding carboxylic acids is 1. The van der Waals surface area contributed by atoms with E-state index in [1.807, 2.05) is 31.3 Å². The smallest absolute Gasteiger partial charge is 0.184 e. The number of fused-ring (bicyclic) bond motifs is 2. The second-order valence-electron chi connectivity index (χ2n) is 5.24. The van der Waals surface area contributed by atoms with Gasteiger partial charge in [0.05, 0.1) is 11.4 Å². The van der Waals surface area contributed by atoms with E-state index in [1.54, 1.807) is 12.2 Å². The predicted molar refractivity (Wildman–Crippen MR) is 85.8 cm³/mol. The van der Waals surface area contributed by atoms with Crippen molar-refractivity contribution in [3.05, 3.63) is 53.8 Å². The van der Waals surface area contributed by atoms with Gasteiger partial charge >= 0.3 is 0 Å². The Hall–Kier alpha value is -2.20. The Morgan fingerprint density at radius 2 is 2.19 bits per heavy atom. The summed E-state index contributed by atoms with van der Waals surface area (Å²) in [6.07, 6.45) is 7.21. The highest BCUT2D eigenvalue weighted by Crippen LogP contribution is 2.27. The van der Waals surface area contributed by atoms with Crippen LogP contribution in [0.15, 0.2) is 53.2 Å². The van der Waals surface area contributed by atoms with Crippen LogP contribution < -0.4 is 10.6 Å². The Morgan fingerprint density at radius 1 is 1.33 bits per heavy atom. The monoisotopic (exact) mass is 281 g/mol. The maximum absolute atomic E-state index is 12.1. The molecule has 1 aliphatic heterocycles. The number of aliphatic imine (C=N–C) groups is 1. The number of ketones is 1. The molecule has 0 bridgehead atoms. The molecule has 1 aromatic rings. The minimum Gasteiger partial charge on any atom is -0.370 e. The van der Waals surface area contributed by atoms with E-state index in [0.29, 0.717) is 0 Å². The van der Waals surface area contributed by atoms with Gasteiger partial charge in [-0.3, -0.25) is 9.79 Å². The van der Waals surface area contributed by atoms with E-state index in [2.05, 4.69) is 16.7 Å². The first-order valence-electron chi connectivity index (χ1n) is 7.30. The van der Waals surface area contributed by atoms with Gasteiger partial charge in [0.25, 0.3) is 0 Å². The molecule has 1 unspecified atom stereocenters. The van der Waals surface area contributed by atoms with Crippen molar-refractivity contribution < 1.29 is 4.79 Å². The molecule has 0 saturated carbocycles. The summed E-state index contributed by atoms with van der Waals surface area (Å²) in [5.41, 5.74) is 3.93. The second-order valence-corrected chi connectivity index (χ2v) is 5.24. The molecule has 21 heavy (non-hydrogen) atoms. The van der Waals surface area contributed by atoms with Crippen LogP contribution >= 0.6 is 0 Å². The fourth-order valence-electron chi connectivity index (χ4n) is 2.68. The Bertz CT molecular complexity index is 643. The van der Waals surface area contributed by atoms with Crippen LogP contribution in [0.2, 0.25) is 0 Å². The Labute approximate surface area is 124 Å². The molecule has 0 saturated heterocycles. The number of benzene rings is 1. The minimum atomic E-state index is -0.363. The van der Waals surface area contributed by atoms with Crippen LogP contribution in [0.5, 0.6) is 0 Å². The van der Waals surface area contributed by atoms with Crippen molar-refractivity contribution in [1.29, 1.82) is 0 Å². The van der Waals surface area contributed by atoms with Crippen LogP contribution in [-0.2, 0) is 4.79 Å². The van der Waals surface area contributed by atoms with Crippen LogP contribution in [0.1, 0.15) is 18.4 Å². The van der Waals surface area contributed by atoms with Gasteiger partial charge in [-0.25, -0.2) is 0 Å². The van der Waals surface area contributed by atoms with E-state index < -0.39 is 0 Å². The molecule has 2 N–H and O–H groups in total. The first kappa shape index (κ1) is 13.8. The van der Waals surface area contributed by atoms with Crippen LogP contribution in [0, 0.1) is 0 Å². The molecule has 1 aliphatic carbocycles. The summed E-state index contributed by atoms with van der Waals surface area (Å²) >= 11 is 0. The van der Waals surface area contributed by atoms with Gasteiger partial charge in [0.2, 0.25) is 0 Å². The molecule has 0 fully saturated rings. The summed E-state index contributed by atoms with van der Waals surface area (Å²) in [5.74, 6) is 0.0579. The van der Waals surface area contributed by atoms with Crippen LogP contribution in [0.4, 0.5) is 5.69 Å². The summed E-state index contributed by atoms with van der Waals surface area (Å²) < 4.78 is 0. The molecule has 0 aromatic heterocycles. The second kappa shape index (κ2) is 6.06. The molecule has 4 heteroatoms. The van der Waals surface area contributed by atoms with Crippen LogP contribution in [-0.4, -0.2) is 31.1 Å². The normalized spacial score (nSPS) is 19.9. The average Bonchev–Trinajstić information content (AvgIpc) is 2.66. The van der Waals surface area contributed by atoms with Gasteiger partial charge < -0.3 is 10.6 Å². The zero-order chi connectivity index (χ0) is 14.7. The predicted octanol–water partition coefficient (Wildman–Crippen LogP) is 2.29. The van der Waals surface area contributed by atoms with E-state index in [-0.39, 0.29) is 11.8 Å². The lowest BCUT2D eigenvalue weighted by molar-refractivity contribution is -0.114. The molecular formula is C17H19N3O. The number of anilines is 1. The maximum Gasteiger partial charge on any atom is 0.184 e. The van der Waals surface area contributed by atoms with Gasteiger partial charge in [-0.2, -0.15) is 0 Å². The Morgan fingerprint density at radius 3 is 3.05 bits per heavy atom. The van der Waals surface area contributed by atoms with E-state index in [9.17, 15) is 4.79 Å². The summed E-state index contributed by atoms with van der Waals surface area (Å²) in [6.45, 7) is 0.954. The number of nitrogens with zero attached hydrogens (tertiary/aromatic N) is 1. The highest BCUT2D eigenvalue weighted by atomic mass is 16.1. The number of para-hydroxylation sites is 1. The minimum absolute atomic E-state index is 0.0579. The molecule has 4 nitrogen and oxygen atoms in total. The first-order valence-corrected chi connectivity index (χ1v) is 7.30. The molecule has 0 radical (unpaired) electrons. The molecule has 1 aromatic carbocycles. The van der Waals surface area contributed by atoms with E-state index in [0.717, 1.165) is 42.0 Å². The highest BCUT2D eigenvalue weighted by molar-refractivity contribution is 6.09. The molecule has 1 atom stereocenters. The van der Waals surface area contributed by atoms with Gasteiger partial charge in [-0.1, -0.05) is 24.3 Å². The van der Waals surface area contributed by atoms with Crippen molar-refractivity contribution in [2.75, 3.05) is 18.9 Å². The van der Waals surface area contributed by atoms with Crippen molar-refractivity contribution in [3.63, 3.8) is 0 Å². The third kappa shape index (κ3) is 2.81. The summed E-state index contributed by atoms with van der Waals surface area (Å²) in [7, 11) is 1.95. The largest absolute Gasteiger partial charge is 0.370 e. The number of nitrogens with one attached hydrogen (secondary N) is 2.